The van der Waals surface area contributed by atoms with Crippen LogP contribution in [0.1, 0.15) is 105 Å². The summed E-state index contributed by atoms with van der Waals surface area (Å²) in [6, 6.07) is 12.3. The van der Waals surface area contributed by atoms with Crippen molar-refractivity contribution < 1.29 is 28.8 Å². The third-order valence-electron chi connectivity index (χ3n) is 14.3. The van der Waals surface area contributed by atoms with Crippen molar-refractivity contribution in [2.75, 3.05) is 26.2 Å². The van der Waals surface area contributed by atoms with E-state index in [1.807, 2.05) is 26.0 Å². The molecule has 0 bridgehead atoms. The topological polar surface area (TPSA) is 236 Å². The highest BCUT2D eigenvalue weighted by molar-refractivity contribution is 6.45. The number of hydrogen-bond donors (Lipinski definition) is 6. The molecule has 6 atom stereocenters. The smallest absolute Gasteiger partial charge is 0.271 e. The number of H-pyrrole nitrogens is 2. The molecule has 3 saturated heterocycles. The highest BCUT2D eigenvalue weighted by Crippen LogP contribution is 2.47. The van der Waals surface area contributed by atoms with Gasteiger partial charge in [0, 0.05) is 48.8 Å². The third kappa shape index (κ3) is 10.4. The molecule has 1 spiro atoms. The minimum atomic E-state index is -1.17. The Morgan fingerprint density at radius 2 is 1.54 bits per heavy atom. The van der Waals surface area contributed by atoms with Crippen LogP contribution >= 0.6 is 34.8 Å². The fourth-order valence-electron chi connectivity index (χ4n) is 10.8. The lowest BCUT2D eigenvalue weighted by atomic mass is 9.72. The normalized spacial score (nSPS) is 21.6. The maximum Gasteiger partial charge on any atom is 0.271 e. The first-order valence-corrected chi connectivity index (χ1v) is 24.4. The summed E-state index contributed by atoms with van der Waals surface area (Å²) in [5.41, 5.74) is 0.551. The van der Waals surface area contributed by atoms with E-state index < -0.39 is 59.1 Å². The average molecular weight is 986 g/mol. The van der Waals surface area contributed by atoms with E-state index in [2.05, 4.69) is 43.4 Å². The molecule has 1 saturated carbocycles. The Morgan fingerprint density at radius 3 is 2.25 bits per heavy atom. The molecule has 6 N–H and O–H groups in total. The second-order valence-corrected chi connectivity index (χ2v) is 21.1. The number of nitrogens with one attached hydrogen (secondary N) is 6. The number of halogens is 3. The van der Waals surface area contributed by atoms with Gasteiger partial charge in [-0.25, -0.2) is 0 Å². The van der Waals surface area contributed by atoms with Crippen molar-refractivity contribution >= 4 is 92.1 Å². The molecular weight excluding hydrogens is 931 g/mol. The number of para-hydroxylation sites is 1. The maximum absolute atomic E-state index is 14.2. The van der Waals surface area contributed by atoms with Gasteiger partial charge in [-0.1, -0.05) is 86.1 Å². The number of fused-ring (bicyclic) bond motifs is 2. The molecule has 19 heteroatoms. The molecule has 4 aromatic rings. The monoisotopic (exact) mass is 984 g/mol. The summed E-state index contributed by atoms with van der Waals surface area (Å²) in [4.78, 5) is 92.1. The Hall–Kier alpha value is -5.81. The van der Waals surface area contributed by atoms with Crippen molar-refractivity contribution in [2.45, 2.75) is 109 Å². The van der Waals surface area contributed by atoms with Crippen LogP contribution in [0.15, 0.2) is 42.5 Å². The fourth-order valence-corrected chi connectivity index (χ4v) is 11.4. The van der Waals surface area contributed by atoms with Crippen LogP contribution in [0.3, 0.4) is 0 Å². The van der Waals surface area contributed by atoms with Gasteiger partial charge in [-0.2, -0.15) is 10.5 Å². The zero-order valence-corrected chi connectivity index (χ0v) is 40.3. The Balaban J connectivity index is 0.928. The van der Waals surface area contributed by atoms with Gasteiger partial charge in [0.2, 0.25) is 23.6 Å². The van der Waals surface area contributed by atoms with Crippen LogP contribution in [-0.4, -0.2) is 106 Å². The Bertz CT molecular complexity index is 2730. The Kier molecular flexibility index (Phi) is 14.3. The quantitative estimate of drug-likeness (QED) is 0.0742. The van der Waals surface area contributed by atoms with E-state index in [0.29, 0.717) is 71.1 Å². The van der Waals surface area contributed by atoms with Gasteiger partial charge in [-0.05, 0) is 86.5 Å². The van der Waals surface area contributed by atoms with Gasteiger partial charge in [-0.3, -0.25) is 28.8 Å². The van der Waals surface area contributed by atoms with Gasteiger partial charge in [0.25, 0.3) is 11.8 Å². The van der Waals surface area contributed by atoms with Gasteiger partial charge in [0.05, 0.1) is 38.2 Å². The molecule has 2 aromatic heterocycles. The molecule has 4 unspecified atom stereocenters. The van der Waals surface area contributed by atoms with Crippen LogP contribution in [0.2, 0.25) is 15.1 Å². The summed E-state index contributed by atoms with van der Waals surface area (Å²) >= 11 is 19.0. The summed E-state index contributed by atoms with van der Waals surface area (Å²) in [6.45, 7) is 5.19. The number of rotatable bonds is 15. The largest absolute Gasteiger partial charge is 0.356 e. The molecule has 68 heavy (non-hydrogen) atoms. The summed E-state index contributed by atoms with van der Waals surface area (Å²) in [5, 5.41) is 34.0. The van der Waals surface area contributed by atoms with Crippen LogP contribution in [0.5, 0.6) is 0 Å². The number of nitriles is 2. The second-order valence-electron chi connectivity index (χ2n) is 19.9. The number of carbonyl (C=O) groups is 6. The molecule has 16 nitrogen and oxygen atoms in total. The maximum atomic E-state index is 14.2. The van der Waals surface area contributed by atoms with Gasteiger partial charge >= 0.3 is 0 Å². The van der Waals surface area contributed by atoms with Crippen molar-refractivity contribution in [2.24, 2.45) is 22.7 Å². The first-order valence-electron chi connectivity index (χ1n) is 23.3. The fraction of sp³-hybridized carbons (Fsp3) is 0.510. The number of likely N-dealkylation sites (tertiary alicyclic amines) is 2. The zero-order valence-electron chi connectivity index (χ0n) is 38.0. The molecule has 5 heterocycles. The third-order valence-corrected chi connectivity index (χ3v) is 15.4. The zero-order chi connectivity index (χ0) is 48.5. The predicted molar refractivity (Wildman–Crippen MR) is 256 cm³/mol. The number of aromatic nitrogens is 2. The molecule has 3 aliphatic heterocycles. The minimum Gasteiger partial charge on any atom is -0.356 e. The Labute approximate surface area is 409 Å². The van der Waals surface area contributed by atoms with Crippen molar-refractivity contribution in [3.63, 3.8) is 0 Å². The van der Waals surface area contributed by atoms with E-state index in [0.717, 1.165) is 37.5 Å². The SMILES string of the molecule is CC(C)(CC(NC(=O)c1cc2ccc(Cl)c(Cl)c2[nH]1)C(=O)NC(C#N)CC1CCNC1=O)CN1CC[C@@H](C[C@@H](C#N)NC(=O)C2CC3(CCCCC3)CN2C(=O)c2cc3cccc(Cl)c3[nH]2)C1=O. The highest BCUT2D eigenvalue weighted by Gasteiger charge is 2.50. The molecule has 1 aliphatic carbocycles. The van der Waals surface area contributed by atoms with Crippen LogP contribution in [-0.2, 0) is 19.2 Å². The van der Waals surface area contributed by atoms with Crippen molar-refractivity contribution in [3.8, 4) is 12.1 Å². The second kappa shape index (κ2) is 20.0. The molecule has 4 fully saturated rings. The van der Waals surface area contributed by atoms with Gasteiger partial charge < -0.3 is 41.0 Å². The summed E-state index contributed by atoms with van der Waals surface area (Å²) in [5.74, 6) is -3.40. The number of carbonyl (C=O) groups excluding carboxylic acids is 6. The van der Waals surface area contributed by atoms with Crippen LogP contribution < -0.4 is 21.3 Å². The van der Waals surface area contributed by atoms with E-state index in [4.69, 9.17) is 34.8 Å². The average Bonchev–Trinajstić information content (AvgIpc) is 4.17. The molecule has 6 amide bonds. The molecule has 4 aliphatic rings. The number of amides is 6. The van der Waals surface area contributed by atoms with Gasteiger partial charge in [-0.15, -0.1) is 0 Å². The van der Waals surface area contributed by atoms with Crippen LogP contribution in [0.4, 0.5) is 0 Å². The molecule has 358 valence electrons. The molecule has 8 rings (SSSR count). The van der Waals surface area contributed by atoms with Crippen LogP contribution in [0, 0.1) is 45.3 Å². The van der Waals surface area contributed by atoms with Crippen LogP contribution in [0.25, 0.3) is 21.8 Å². The van der Waals surface area contributed by atoms with Gasteiger partial charge in [0.15, 0.2) is 0 Å². The number of nitrogens with zero attached hydrogens (tertiary/aromatic N) is 4. The van der Waals surface area contributed by atoms with Crippen molar-refractivity contribution in [1.29, 1.82) is 10.5 Å². The minimum absolute atomic E-state index is 0.0500. The summed E-state index contributed by atoms with van der Waals surface area (Å²) in [6.07, 6.45) is 6.59. The first-order chi connectivity index (χ1) is 32.5. The highest BCUT2D eigenvalue weighted by atomic mass is 35.5. The first kappa shape index (κ1) is 48.6. The van der Waals surface area contributed by atoms with E-state index in [1.54, 1.807) is 40.1 Å². The number of benzene rings is 2. The Morgan fingerprint density at radius 1 is 0.853 bits per heavy atom. The van der Waals surface area contributed by atoms with Crippen molar-refractivity contribution in [1.82, 2.24) is 41.0 Å². The van der Waals surface area contributed by atoms with Gasteiger partial charge in [0.1, 0.15) is 35.6 Å². The molecular formula is C49H55Cl3N10O6. The standard InChI is InChI=1S/C49H55Cl3N10O6/c1-48(2,21-37(44(65)56-31(23-53)17-29-11-15-55-42(29)63)60-43(64)35-19-28-9-10-33(50)39(52)41(28)58-35)25-61-16-12-30(46(61)67)18-32(24-54)57-45(66)38-22-49(13-4-3-5-14-49)26-62(38)47(68)36-20-27-7-6-8-34(51)40(27)59-36/h6-10,19-20,29-32,37-38,58-59H,3-5,11-18,21-22,25-26H2,1-2H3,(H,55,63)(H,56,65)(H,57,66)(H,60,64)/t29?,30-,31?,32-,37?,38?/m0/s1. The lowest BCUT2D eigenvalue weighted by Crippen LogP contribution is -2.52. The van der Waals surface area contributed by atoms with E-state index in [-0.39, 0.29) is 59.7 Å². The van der Waals surface area contributed by atoms with E-state index in [9.17, 15) is 39.3 Å². The van der Waals surface area contributed by atoms with E-state index >= 15 is 0 Å². The van der Waals surface area contributed by atoms with Crippen molar-refractivity contribution in [3.05, 3.63) is 68.9 Å². The predicted octanol–water partition coefficient (Wildman–Crippen LogP) is 6.77. The molecule has 2 aromatic carbocycles. The summed E-state index contributed by atoms with van der Waals surface area (Å²) in [7, 11) is 0. The number of hydrogen-bond acceptors (Lipinski definition) is 8. The number of aromatic amines is 2. The summed E-state index contributed by atoms with van der Waals surface area (Å²) < 4.78 is 0. The lowest BCUT2D eigenvalue weighted by Gasteiger charge is -2.34. The molecule has 0 radical (unpaired) electrons. The van der Waals surface area contributed by atoms with E-state index in [1.165, 1.54) is 0 Å². The lowest BCUT2D eigenvalue weighted by molar-refractivity contribution is -0.133.